The van der Waals surface area contributed by atoms with Crippen molar-refractivity contribution < 1.29 is 13.2 Å². The van der Waals surface area contributed by atoms with Crippen molar-refractivity contribution >= 4 is 45.7 Å². The molecule has 0 aliphatic carbocycles. The highest BCUT2D eigenvalue weighted by molar-refractivity contribution is 7.92. The number of hydrogen-bond acceptors (Lipinski definition) is 4. The molecular weight excluding hydrogens is 330 g/mol. The van der Waals surface area contributed by atoms with Crippen LogP contribution < -0.4 is 4.72 Å². The average Bonchev–Trinajstić information content (AvgIpc) is 2.49. The Morgan fingerprint density at radius 1 is 1.05 bits per heavy atom. The molecule has 4 nitrogen and oxygen atoms in total. The van der Waals surface area contributed by atoms with E-state index in [0.717, 1.165) is 0 Å². The normalized spacial score (nSPS) is 11.1. The molecule has 0 saturated carbocycles. The molecule has 110 valence electrons. The molecule has 2 rings (SSSR count). The van der Waals surface area contributed by atoms with Crippen LogP contribution >= 0.6 is 24.2 Å². The second kappa shape index (κ2) is 6.51. The molecule has 0 aromatic heterocycles. The van der Waals surface area contributed by atoms with Crippen molar-refractivity contribution in [1.29, 1.82) is 0 Å². The number of carbonyl (C=O) groups is 1. The molecule has 0 amide bonds. The first kappa shape index (κ1) is 15.9. The predicted molar refractivity (Wildman–Crippen MR) is 86.9 cm³/mol. The Morgan fingerprint density at radius 3 is 2.14 bits per heavy atom. The van der Waals surface area contributed by atoms with E-state index in [1.165, 1.54) is 24.3 Å². The first-order chi connectivity index (χ1) is 9.92. The summed E-state index contributed by atoms with van der Waals surface area (Å²) >= 11 is 9.64. The number of halogens is 1. The van der Waals surface area contributed by atoms with Crippen LogP contribution in [0.4, 0.5) is 5.69 Å². The van der Waals surface area contributed by atoms with E-state index in [-0.39, 0.29) is 16.4 Å². The summed E-state index contributed by atoms with van der Waals surface area (Å²) in [6.07, 6.45) is 0. The molecule has 0 radical (unpaired) electrons. The Balaban J connectivity index is 2.23. The predicted octanol–water partition coefficient (Wildman–Crippen LogP) is 3.25. The van der Waals surface area contributed by atoms with Crippen molar-refractivity contribution in [2.75, 3.05) is 10.5 Å². The lowest BCUT2D eigenvalue weighted by Gasteiger charge is -2.08. The molecule has 2 aromatic carbocycles. The van der Waals surface area contributed by atoms with E-state index in [1.54, 1.807) is 24.3 Å². The van der Waals surface area contributed by atoms with E-state index in [4.69, 9.17) is 11.6 Å². The van der Waals surface area contributed by atoms with Crippen LogP contribution in [0.2, 0.25) is 5.02 Å². The number of thiol groups is 1. The highest BCUT2D eigenvalue weighted by Gasteiger charge is 2.14. The molecular formula is C14H12ClNO3S2. The Hall–Kier alpha value is -1.50. The van der Waals surface area contributed by atoms with Gasteiger partial charge in [0.2, 0.25) is 0 Å². The average molecular weight is 342 g/mol. The maximum Gasteiger partial charge on any atom is 0.261 e. The van der Waals surface area contributed by atoms with E-state index in [9.17, 15) is 13.2 Å². The number of nitrogens with one attached hydrogen (secondary N) is 1. The van der Waals surface area contributed by atoms with Crippen molar-refractivity contribution in [3.8, 4) is 0 Å². The first-order valence-electron chi connectivity index (χ1n) is 5.95. The van der Waals surface area contributed by atoms with E-state index < -0.39 is 10.0 Å². The third kappa shape index (κ3) is 4.00. The zero-order valence-corrected chi connectivity index (χ0v) is 13.3. The molecule has 0 heterocycles. The lowest BCUT2D eigenvalue weighted by atomic mass is 10.1. The van der Waals surface area contributed by atoms with Crippen LogP contribution in [0.1, 0.15) is 10.4 Å². The van der Waals surface area contributed by atoms with Gasteiger partial charge in [0.15, 0.2) is 5.78 Å². The van der Waals surface area contributed by atoms with Gasteiger partial charge >= 0.3 is 0 Å². The Labute approximate surface area is 133 Å². The summed E-state index contributed by atoms with van der Waals surface area (Å²) in [5.41, 5.74) is 0.838. The molecule has 0 unspecified atom stereocenters. The number of hydrogen-bond donors (Lipinski definition) is 2. The second-order valence-electron chi connectivity index (χ2n) is 4.22. The van der Waals surface area contributed by atoms with Crippen molar-refractivity contribution in [3.63, 3.8) is 0 Å². The molecule has 0 aliphatic heterocycles. The van der Waals surface area contributed by atoms with Gasteiger partial charge in [0, 0.05) is 16.3 Å². The van der Waals surface area contributed by atoms with Gasteiger partial charge in [-0.15, -0.1) is 0 Å². The monoisotopic (exact) mass is 341 g/mol. The number of ketones is 1. The highest BCUT2D eigenvalue weighted by Crippen LogP contribution is 2.19. The highest BCUT2D eigenvalue weighted by atomic mass is 35.5. The molecule has 0 atom stereocenters. The van der Waals surface area contributed by atoms with Crippen LogP contribution in [-0.2, 0) is 10.0 Å². The third-order valence-corrected chi connectivity index (χ3v) is 4.66. The maximum atomic E-state index is 12.2. The van der Waals surface area contributed by atoms with Gasteiger partial charge in [-0.25, -0.2) is 8.42 Å². The summed E-state index contributed by atoms with van der Waals surface area (Å²) in [6.45, 7) is 0. The molecule has 0 spiro atoms. The fourth-order valence-electron chi connectivity index (χ4n) is 1.64. The number of carbonyl (C=O) groups excluding carboxylic acids is 1. The van der Waals surface area contributed by atoms with Crippen molar-refractivity contribution in [2.45, 2.75) is 4.90 Å². The number of rotatable bonds is 5. The standard InChI is InChI=1S/C14H12ClNO3S2/c15-11-3-5-12(6-4-11)16-21(18,19)13-7-1-10(2-8-13)14(17)9-20/h1-8,16,20H,9H2. The van der Waals surface area contributed by atoms with Gasteiger partial charge in [0.05, 0.1) is 10.6 Å². The summed E-state index contributed by atoms with van der Waals surface area (Å²) < 4.78 is 26.8. The van der Waals surface area contributed by atoms with Gasteiger partial charge in [0.1, 0.15) is 0 Å². The van der Waals surface area contributed by atoms with E-state index >= 15 is 0 Å². The van der Waals surface area contributed by atoms with Crippen LogP contribution in [0, 0.1) is 0 Å². The van der Waals surface area contributed by atoms with Crippen LogP contribution in [0.3, 0.4) is 0 Å². The second-order valence-corrected chi connectivity index (χ2v) is 6.65. The fraction of sp³-hybridized carbons (Fsp3) is 0.0714. The van der Waals surface area contributed by atoms with Crippen molar-refractivity contribution in [2.24, 2.45) is 0 Å². The van der Waals surface area contributed by atoms with Gasteiger partial charge in [-0.1, -0.05) is 23.7 Å². The van der Waals surface area contributed by atoms with Crippen molar-refractivity contribution in [1.82, 2.24) is 0 Å². The van der Waals surface area contributed by atoms with Gasteiger partial charge in [0.25, 0.3) is 10.0 Å². The Morgan fingerprint density at radius 2 is 1.62 bits per heavy atom. The van der Waals surface area contributed by atoms with E-state index in [0.29, 0.717) is 16.3 Å². The summed E-state index contributed by atoms with van der Waals surface area (Å²) in [5, 5.41) is 0.521. The number of anilines is 1. The quantitative estimate of drug-likeness (QED) is 0.648. The van der Waals surface area contributed by atoms with Gasteiger partial charge in [-0.3, -0.25) is 9.52 Å². The fourth-order valence-corrected chi connectivity index (χ4v) is 3.01. The Kier molecular flexibility index (Phi) is 4.92. The zero-order valence-electron chi connectivity index (χ0n) is 10.8. The summed E-state index contributed by atoms with van der Waals surface area (Å²) in [6, 6.07) is 12.0. The van der Waals surface area contributed by atoms with Crippen LogP contribution in [0.5, 0.6) is 0 Å². The summed E-state index contributed by atoms with van der Waals surface area (Å²) in [7, 11) is -3.70. The zero-order chi connectivity index (χ0) is 15.5. The molecule has 7 heteroatoms. The van der Waals surface area contributed by atoms with Crippen LogP contribution in [0.15, 0.2) is 53.4 Å². The lowest BCUT2D eigenvalue weighted by molar-refractivity contribution is 0.102. The number of sulfonamides is 1. The van der Waals surface area contributed by atoms with Crippen LogP contribution in [-0.4, -0.2) is 20.0 Å². The largest absolute Gasteiger partial charge is 0.293 e. The van der Waals surface area contributed by atoms with Crippen LogP contribution in [0.25, 0.3) is 0 Å². The first-order valence-corrected chi connectivity index (χ1v) is 8.44. The van der Waals surface area contributed by atoms with Gasteiger partial charge in [-0.2, -0.15) is 12.6 Å². The lowest BCUT2D eigenvalue weighted by Crippen LogP contribution is -2.13. The molecule has 0 aliphatic rings. The molecule has 0 bridgehead atoms. The topological polar surface area (TPSA) is 63.2 Å². The van der Waals surface area contributed by atoms with Gasteiger partial charge in [-0.05, 0) is 36.4 Å². The molecule has 1 N–H and O–H groups in total. The smallest absolute Gasteiger partial charge is 0.261 e. The summed E-state index contributed by atoms with van der Waals surface area (Å²) in [4.78, 5) is 11.5. The Bertz CT molecular complexity index is 741. The minimum atomic E-state index is -3.70. The number of benzene rings is 2. The third-order valence-electron chi connectivity index (χ3n) is 2.73. The minimum absolute atomic E-state index is 0.0770. The SMILES string of the molecule is O=C(CS)c1ccc(S(=O)(=O)Nc2ccc(Cl)cc2)cc1. The molecule has 21 heavy (non-hydrogen) atoms. The number of Topliss-reactive ketones (excluding diaryl/α,β-unsaturated/α-hetero) is 1. The molecule has 2 aromatic rings. The van der Waals surface area contributed by atoms with E-state index in [1.807, 2.05) is 0 Å². The maximum absolute atomic E-state index is 12.2. The molecule has 0 fully saturated rings. The van der Waals surface area contributed by atoms with E-state index in [2.05, 4.69) is 17.4 Å². The minimum Gasteiger partial charge on any atom is -0.293 e. The molecule has 0 saturated heterocycles. The summed E-state index contributed by atoms with van der Waals surface area (Å²) in [5.74, 6) is -0.0808. The van der Waals surface area contributed by atoms with Crippen molar-refractivity contribution in [3.05, 3.63) is 59.1 Å². The van der Waals surface area contributed by atoms with Gasteiger partial charge < -0.3 is 0 Å².